The van der Waals surface area contributed by atoms with Gasteiger partial charge in [-0.05, 0) is 60.0 Å². The maximum absolute atomic E-state index is 11.8. The Morgan fingerprint density at radius 1 is 0.600 bits per heavy atom. The quantitative estimate of drug-likeness (QED) is 0.0979. The first-order valence-corrected chi connectivity index (χ1v) is 14.3. The summed E-state index contributed by atoms with van der Waals surface area (Å²) in [4.78, 5) is -0.869. The molecule has 0 atom stereocenters. The highest BCUT2D eigenvalue weighted by Gasteiger charge is 2.18. The molecule has 40 heavy (non-hydrogen) atoms. The molecule has 202 valence electrons. The van der Waals surface area contributed by atoms with Gasteiger partial charge in [-0.2, -0.15) is 21.9 Å². The topological polar surface area (TPSA) is 204 Å². The van der Waals surface area contributed by atoms with E-state index in [1.54, 1.807) is 30.3 Å². The van der Waals surface area contributed by atoms with Crippen LogP contribution in [0.2, 0.25) is 0 Å². The van der Waals surface area contributed by atoms with E-state index in [-0.39, 0.29) is 43.9 Å². The predicted octanol–water partition coefficient (Wildman–Crippen LogP) is 6.61. The van der Waals surface area contributed by atoms with Crippen LogP contribution in [0.5, 0.6) is 5.75 Å². The van der Waals surface area contributed by atoms with Gasteiger partial charge in [0.1, 0.15) is 10.6 Å². The largest absolute Gasteiger partial charge is 0.505 e. The fourth-order valence-corrected chi connectivity index (χ4v) is 5.13. The summed E-state index contributed by atoms with van der Waals surface area (Å²) in [5.41, 5.74) is 6.68. The van der Waals surface area contributed by atoms with Crippen LogP contribution < -0.4 is 5.73 Å². The SMILES string of the molecule is Nc1cc2c(O)c(N=Nc3ccc(N=Nc4ccccc4)c4ccc(S(=O)(=O)O)cc34)ccc2cc1S(=O)(=O)O. The molecule has 0 aromatic heterocycles. The molecule has 14 heteroatoms. The molecule has 0 aliphatic heterocycles. The molecule has 0 amide bonds. The van der Waals surface area contributed by atoms with Gasteiger partial charge < -0.3 is 10.8 Å². The number of aromatic hydroxyl groups is 1. The van der Waals surface area contributed by atoms with E-state index in [2.05, 4.69) is 20.5 Å². The molecule has 5 rings (SSSR count). The Morgan fingerprint density at radius 3 is 1.90 bits per heavy atom. The molecular formula is C26H19N5O7S2. The van der Waals surface area contributed by atoms with E-state index < -0.39 is 25.1 Å². The summed E-state index contributed by atoms with van der Waals surface area (Å²) in [6.07, 6.45) is 0. The van der Waals surface area contributed by atoms with Gasteiger partial charge in [0, 0.05) is 16.2 Å². The Bertz CT molecular complexity index is 2080. The lowest BCUT2D eigenvalue weighted by atomic mass is 10.1. The van der Waals surface area contributed by atoms with Crippen LogP contribution in [0.15, 0.2) is 115 Å². The number of hydrogen-bond donors (Lipinski definition) is 4. The van der Waals surface area contributed by atoms with Gasteiger partial charge >= 0.3 is 0 Å². The monoisotopic (exact) mass is 577 g/mol. The van der Waals surface area contributed by atoms with E-state index in [0.717, 1.165) is 6.07 Å². The van der Waals surface area contributed by atoms with Gasteiger partial charge in [-0.1, -0.05) is 30.3 Å². The van der Waals surface area contributed by atoms with Crippen molar-refractivity contribution in [3.05, 3.63) is 84.9 Å². The van der Waals surface area contributed by atoms with Crippen molar-refractivity contribution in [3.8, 4) is 5.75 Å². The molecule has 0 radical (unpaired) electrons. The zero-order chi connectivity index (χ0) is 28.7. The van der Waals surface area contributed by atoms with Crippen molar-refractivity contribution in [1.29, 1.82) is 0 Å². The standard InChI is InChI=1S/C26H19N5O7S2/c27-21-14-19-15(12-25(21)40(36,37)38)6-9-24(26(19)32)31-30-23-11-10-22(29-28-16-4-2-1-3-5-16)18-8-7-17(13-20(18)23)39(33,34)35/h1-14,32H,27H2,(H,33,34,35)(H,36,37,38). The number of phenols is 1. The molecule has 0 unspecified atom stereocenters. The predicted molar refractivity (Wildman–Crippen MR) is 148 cm³/mol. The van der Waals surface area contributed by atoms with Crippen LogP contribution in [0.25, 0.3) is 21.5 Å². The summed E-state index contributed by atoms with van der Waals surface area (Å²) in [6, 6.07) is 21.1. The molecule has 0 spiro atoms. The van der Waals surface area contributed by atoms with Crippen molar-refractivity contribution < 1.29 is 31.0 Å². The Labute approximate surface area is 227 Å². The Hall–Kier alpha value is -4.76. The van der Waals surface area contributed by atoms with Gasteiger partial charge in [0.15, 0.2) is 5.75 Å². The number of azo groups is 2. The van der Waals surface area contributed by atoms with Crippen LogP contribution in [0.4, 0.5) is 28.4 Å². The molecule has 5 aromatic carbocycles. The number of hydrogen-bond acceptors (Lipinski definition) is 10. The third-order valence-electron chi connectivity index (χ3n) is 5.91. The lowest BCUT2D eigenvalue weighted by Gasteiger charge is -2.09. The van der Waals surface area contributed by atoms with Crippen LogP contribution in [0.1, 0.15) is 0 Å². The van der Waals surface area contributed by atoms with E-state index in [4.69, 9.17) is 5.73 Å². The van der Waals surface area contributed by atoms with Crippen molar-refractivity contribution in [2.75, 3.05) is 5.73 Å². The number of nitrogen functional groups attached to an aromatic ring is 1. The summed E-state index contributed by atoms with van der Waals surface area (Å²) >= 11 is 0. The summed E-state index contributed by atoms with van der Waals surface area (Å²) in [5.74, 6) is -0.356. The van der Waals surface area contributed by atoms with E-state index in [1.807, 2.05) is 6.07 Å². The average molecular weight is 578 g/mol. The lowest BCUT2D eigenvalue weighted by Crippen LogP contribution is -2.03. The van der Waals surface area contributed by atoms with E-state index in [1.165, 1.54) is 42.5 Å². The highest BCUT2D eigenvalue weighted by Crippen LogP contribution is 2.40. The first kappa shape index (κ1) is 26.8. The molecule has 5 N–H and O–H groups in total. The second kappa shape index (κ2) is 10.1. The van der Waals surface area contributed by atoms with Crippen LogP contribution in [0.3, 0.4) is 0 Å². The zero-order valence-corrected chi connectivity index (χ0v) is 21.9. The highest BCUT2D eigenvalue weighted by atomic mass is 32.2. The minimum atomic E-state index is -4.58. The number of nitrogens with zero attached hydrogens (tertiary/aromatic N) is 4. The van der Waals surface area contributed by atoms with Crippen LogP contribution in [-0.2, 0) is 20.2 Å². The van der Waals surface area contributed by atoms with E-state index >= 15 is 0 Å². The Kier molecular flexibility index (Phi) is 6.77. The second-order valence-corrected chi connectivity index (χ2v) is 11.4. The van der Waals surface area contributed by atoms with Crippen molar-refractivity contribution in [2.24, 2.45) is 20.5 Å². The minimum Gasteiger partial charge on any atom is -0.505 e. The van der Waals surface area contributed by atoms with Crippen molar-refractivity contribution in [2.45, 2.75) is 9.79 Å². The van der Waals surface area contributed by atoms with Gasteiger partial charge in [0.2, 0.25) is 0 Å². The fourth-order valence-electron chi connectivity index (χ4n) is 3.99. The van der Waals surface area contributed by atoms with Crippen LogP contribution in [0, 0.1) is 0 Å². The molecule has 0 saturated heterocycles. The normalized spacial score (nSPS) is 12.7. The van der Waals surface area contributed by atoms with E-state index in [9.17, 15) is 31.0 Å². The fraction of sp³-hybridized carbons (Fsp3) is 0. The third-order valence-corrected chi connectivity index (χ3v) is 7.67. The first-order valence-electron chi connectivity index (χ1n) is 11.4. The number of anilines is 1. The van der Waals surface area contributed by atoms with Gasteiger partial charge in [0.05, 0.1) is 27.6 Å². The van der Waals surface area contributed by atoms with Gasteiger partial charge in [0.25, 0.3) is 20.2 Å². The number of phenolic OH excluding ortho intramolecular Hbond substituents is 1. The zero-order valence-electron chi connectivity index (χ0n) is 20.2. The second-order valence-electron chi connectivity index (χ2n) is 8.54. The number of benzene rings is 5. The third kappa shape index (κ3) is 5.37. The summed E-state index contributed by atoms with van der Waals surface area (Å²) in [5, 5.41) is 28.7. The molecule has 12 nitrogen and oxygen atoms in total. The molecule has 0 bridgehead atoms. The lowest BCUT2D eigenvalue weighted by molar-refractivity contribution is 0.480. The Morgan fingerprint density at radius 2 is 1.23 bits per heavy atom. The van der Waals surface area contributed by atoms with Crippen LogP contribution in [-0.4, -0.2) is 31.0 Å². The van der Waals surface area contributed by atoms with Crippen molar-refractivity contribution in [3.63, 3.8) is 0 Å². The number of fused-ring (bicyclic) bond motifs is 2. The van der Waals surface area contributed by atoms with E-state index in [0.29, 0.717) is 16.8 Å². The summed E-state index contributed by atoms with van der Waals surface area (Å²) in [6.45, 7) is 0. The molecule has 0 saturated carbocycles. The van der Waals surface area contributed by atoms with Gasteiger partial charge in [-0.3, -0.25) is 9.11 Å². The molecule has 0 fully saturated rings. The Balaban J connectivity index is 1.61. The molecule has 0 heterocycles. The van der Waals surface area contributed by atoms with Gasteiger partial charge in [-0.15, -0.1) is 15.3 Å². The smallest absolute Gasteiger partial charge is 0.296 e. The first-order chi connectivity index (χ1) is 18.9. The average Bonchev–Trinajstić information content (AvgIpc) is 2.91. The molecule has 5 aromatic rings. The summed E-state index contributed by atoms with van der Waals surface area (Å²) in [7, 11) is -9.11. The van der Waals surface area contributed by atoms with Crippen LogP contribution >= 0.6 is 0 Å². The molecule has 0 aliphatic rings. The number of nitrogens with two attached hydrogens (primary N) is 1. The minimum absolute atomic E-state index is 0.00145. The number of rotatable bonds is 6. The van der Waals surface area contributed by atoms with Gasteiger partial charge in [-0.25, -0.2) is 0 Å². The maximum atomic E-state index is 11.8. The molecule has 0 aliphatic carbocycles. The van der Waals surface area contributed by atoms with Crippen molar-refractivity contribution >= 4 is 70.2 Å². The summed E-state index contributed by atoms with van der Waals surface area (Å²) < 4.78 is 65.7. The maximum Gasteiger partial charge on any atom is 0.296 e. The highest BCUT2D eigenvalue weighted by molar-refractivity contribution is 7.86. The molecular weight excluding hydrogens is 558 g/mol. The van der Waals surface area contributed by atoms with Crippen molar-refractivity contribution in [1.82, 2.24) is 0 Å².